The van der Waals surface area contributed by atoms with Gasteiger partial charge in [0.05, 0.1) is 12.1 Å². The molecule has 0 saturated carbocycles. The van der Waals surface area contributed by atoms with Crippen molar-refractivity contribution < 1.29 is 31.5 Å². The van der Waals surface area contributed by atoms with Crippen LogP contribution in [0.4, 0.5) is 22.0 Å². The lowest BCUT2D eigenvalue weighted by Crippen LogP contribution is -2.32. The summed E-state index contributed by atoms with van der Waals surface area (Å²) in [7, 11) is 0. The molecule has 2 aliphatic rings. The van der Waals surface area contributed by atoms with E-state index in [1.54, 1.807) is 0 Å². The van der Waals surface area contributed by atoms with Crippen LogP contribution in [0, 0.1) is 0 Å². The first-order valence-corrected chi connectivity index (χ1v) is 8.42. The van der Waals surface area contributed by atoms with Gasteiger partial charge in [0.1, 0.15) is 5.75 Å². The third kappa shape index (κ3) is 5.44. The highest BCUT2D eigenvalue weighted by Crippen LogP contribution is 2.35. The Morgan fingerprint density at radius 1 is 1.22 bits per heavy atom. The zero-order valence-corrected chi connectivity index (χ0v) is 15.1. The Balaban J connectivity index is 0.00000261. The zero-order chi connectivity index (χ0) is 18.9. The molecule has 4 nitrogen and oxygen atoms in total. The normalized spacial score (nSPS) is 20.3. The molecule has 0 radical (unpaired) electrons. The van der Waals surface area contributed by atoms with Crippen molar-refractivity contribution >= 4 is 18.3 Å². The molecule has 3 rings (SSSR count). The molecule has 0 aliphatic carbocycles. The van der Waals surface area contributed by atoms with Crippen LogP contribution in [-0.2, 0) is 0 Å². The van der Waals surface area contributed by atoms with Crippen LogP contribution in [0.2, 0.25) is 0 Å². The molecule has 1 N–H and O–H groups in total. The number of carbonyl (C=O) groups is 1. The van der Waals surface area contributed by atoms with E-state index < -0.39 is 36.9 Å². The van der Waals surface area contributed by atoms with Crippen LogP contribution in [0.3, 0.4) is 0 Å². The van der Waals surface area contributed by atoms with Crippen LogP contribution in [0.5, 0.6) is 5.75 Å². The number of benzene rings is 1. The van der Waals surface area contributed by atoms with Crippen LogP contribution in [0.15, 0.2) is 18.2 Å². The second-order valence-corrected chi connectivity index (χ2v) is 6.66. The Kier molecular flexibility index (Phi) is 6.57. The van der Waals surface area contributed by atoms with Gasteiger partial charge in [-0.2, -0.15) is 0 Å². The van der Waals surface area contributed by atoms with Crippen LogP contribution >= 0.6 is 12.4 Å². The summed E-state index contributed by atoms with van der Waals surface area (Å²) < 4.78 is 68.8. The van der Waals surface area contributed by atoms with E-state index in [4.69, 9.17) is 0 Å². The Labute approximate surface area is 159 Å². The lowest BCUT2D eigenvalue weighted by Gasteiger charge is -2.25. The minimum atomic E-state index is -4.97. The van der Waals surface area contributed by atoms with Crippen molar-refractivity contribution in [3.05, 3.63) is 29.3 Å². The molecule has 0 aromatic heterocycles. The number of nitrogens with zero attached hydrogens (tertiary/aromatic N) is 1. The Morgan fingerprint density at radius 2 is 1.89 bits per heavy atom. The number of carbonyl (C=O) groups excluding carboxylic acids is 1. The number of likely N-dealkylation sites (tertiary alicyclic amines) is 1. The quantitative estimate of drug-likeness (QED) is 0.761. The van der Waals surface area contributed by atoms with Crippen LogP contribution in [-0.4, -0.2) is 49.3 Å². The van der Waals surface area contributed by atoms with Crippen molar-refractivity contribution in [3.63, 3.8) is 0 Å². The maximum Gasteiger partial charge on any atom is 0.573 e. The number of piperidine rings is 1. The number of hydrogen-bond acceptors (Lipinski definition) is 3. The van der Waals surface area contributed by atoms with E-state index in [-0.39, 0.29) is 30.4 Å². The maximum absolute atomic E-state index is 13.4. The molecule has 0 bridgehead atoms. The van der Waals surface area contributed by atoms with Crippen molar-refractivity contribution in [2.75, 3.05) is 26.2 Å². The summed E-state index contributed by atoms with van der Waals surface area (Å²) in [6.07, 6.45) is -3.90. The van der Waals surface area contributed by atoms with Crippen molar-refractivity contribution in [1.82, 2.24) is 10.2 Å². The summed E-state index contributed by atoms with van der Waals surface area (Å²) in [5.74, 6) is -4.44. The van der Waals surface area contributed by atoms with Gasteiger partial charge in [-0.3, -0.25) is 4.79 Å². The van der Waals surface area contributed by atoms with E-state index in [0.29, 0.717) is 0 Å². The fourth-order valence-corrected chi connectivity index (χ4v) is 3.42. The van der Waals surface area contributed by atoms with Gasteiger partial charge in [0, 0.05) is 13.0 Å². The molecule has 0 spiro atoms. The van der Waals surface area contributed by atoms with Crippen molar-refractivity contribution in [2.45, 2.75) is 37.5 Å². The first kappa shape index (κ1) is 21.7. The average molecular weight is 415 g/mol. The predicted molar refractivity (Wildman–Crippen MR) is 90.7 cm³/mol. The second kappa shape index (κ2) is 8.18. The monoisotopic (exact) mass is 414 g/mol. The van der Waals surface area contributed by atoms with E-state index in [1.165, 1.54) is 12.1 Å². The molecule has 2 fully saturated rings. The van der Waals surface area contributed by atoms with Gasteiger partial charge < -0.3 is 15.0 Å². The van der Waals surface area contributed by atoms with Crippen molar-refractivity contribution in [2.24, 2.45) is 0 Å². The summed E-state index contributed by atoms with van der Waals surface area (Å²) in [6.45, 7) is 0.546. The topological polar surface area (TPSA) is 41.6 Å². The predicted octanol–water partition coefficient (Wildman–Crippen LogP) is 3.96. The largest absolute Gasteiger partial charge is 0.573 e. The smallest absolute Gasteiger partial charge is 0.405 e. The lowest BCUT2D eigenvalue weighted by atomic mass is 9.89. The van der Waals surface area contributed by atoms with Gasteiger partial charge in [-0.15, -0.1) is 25.6 Å². The molecule has 152 valence electrons. The molecule has 2 saturated heterocycles. The average Bonchev–Trinajstić information content (AvgIpc) is 2.94. The van der Waals surface area contributed by atoms with E-state index in [2.05, 4.69) is 10.1 Å². The zero-order valence-electron chi connectivity index (χ0n) is 14.3. The summed E-state index contributed by atoms with van der Waals surface area (Å²) >= 11 is 0. The van der Waals surface area contributed by atoms with Crippen LogP contribution in [0.1, 0.15) is 41.1 Å². The van der Waals surface area contributed by atoms with Crippen molar-refractivity contribution in [1.29, 1.82) is 0 Å². The standard InChI is InChI=1S/C17H19F5N2O2.ClH/c18-16(19)5-8-24(10-16)15(25)13-9-12(11-3-6-23-7-4-11)1-2-14(13)26-17(20,21)22;/h1-2,9,11,23H,3-8,10H2;1H. The first-order chi connectivity index (χ1) is 12.1. The summed E-state index contributed by atoms with van der Waals surface area (Å²) in [5, 5.41) is 3.19. The molecule has 1 amide bonds. The lowest BCUT2D eigenvalue weighted by molar-refractivity contribution is -0.274. The minimum absolute atomic E-state index is 0. The molecule has 27 heavy (non-hydrogen) atoms. The highest BCUT2D eigenvalue weighted by atomic mass is 35.5. The summed E-state index contributed by atoms with van der Waals surface area (Å²) in [4.78, 5) is 13.5. The Hall–Kier alpha value is -1.61. The van der Waals surface area contributed by atoms with Crippen LogP contribution < -0.4 is 10.1 Å². The van der Waals surface area contributed by atoms with Gasteiger partial charge in [0.15, 0.2) is 0 Å². The van der Waals surface area contributed by atoms with Gasteiger partial charge in [-0.05, 0) is 49.5 Å². The molecule has 2 heterocycles. The molecular formula is C17H20ClF5N2O2. The summed E-state index contributed by atoms with van der Waals surface area (Å²) in [6, 6.07) is 3.97. The summed E-state index contributed by atoms with van der Waals surface area (Å²) in [5.41, 5.74) is 0.395. The third-order valence-corrected chi connectivity index (χ3v) is 4.73. The molecule has 1 aromatic rings. The molecular weight excluding hydrogens is 395 g/mol. The molecule has 0 unspecified atom stereocenters. The van der Waals surface area contributed by atoms with Crippen molar-refractivity contribution in [3.8, 4) is 5.75 Å². The Bertz CT molecular complexity index is 678. The molecule has 10 heteroatoms. The number of ether oxygens (including phenoxy) is 1. The second-order valence-electron chi connectivity index (χ2n) is 6.66. The van der Waals surface area contributed by atoms with E-state index in [9.17, 15) is 26.7 Å². The van der Waals surface area contributed by atoms with Gasteiger partial charge in [0.25, 0.3) is 11.8 Å². The SMILES string of the molecule is Cl.O=C(c1cc(C2CCNCC2)ccc1OC(F)(F)F)N1CCC(F)(F)C1. The van der Waals surface area contributed by atoms with E-state index >= 15 is 0 Å². The Morgan fingerprint density at radius 3 is 2.44 bits per heavy atom. The first-order valence-electron chi connectivity index (χ1n) is 8.42. The number of hydrogen-bond donors (Lipinski definition) is 1. The highest BCUT2D eigenvalue weighted by Gasteiger charge is 2.42. The number of alkyl halides is 5. The fraction of sp³-hybridized carbons (Fsp3) is 0.588. The van der Waals surface area contributed by atoms with Gasteiger partial charge >= 0.3 is 6.36 Å². The third-order valence-electron chi connectivity index (χ3n) is 4.73. The highest BCUT2D eigenvalue weighted by molar-refractivity contribution is 5.97. The molecule has 1 aromatic carbocycles. The number of rotatable bonds is 3. The van der Waals surface area contributed by atoms with Gasteiger partial charge in [-0.1, -0.05) is 6.07 Å². The number of amides is 1. The number of halogens is 6. The van der Waals surface area contributed by atoms with E-state index in [1.807, 2.05) is 0 Å². The number of nitrogens with one attached hydrogen (secondary N) is 1. The molecule has 0 atom stereocenters. The molecule has 2 aliphatic heterocycles. The fourth-order valence-electron chi connectivity index (χ4n) is 3.42. The minimum Gasteiger partial charge on any atom is -0.405 e. The van der Waals surface area contributed by atoms with Gasteiger partial charge in [0.2, 0.25) is 0 Å². The van der Waals surface area contributed by atoms with Crippen LogP contribution in [0.25, 0.3) is 0 Å². The maximum atomic E-state index is 13.4. The van der Waals surface area contributed by atoms with E-state index in [0.717, 1.165) is 42.5 Å². The van der Waals surface area contributed by atoms with Gasteiger partial charge in [-0.25, -0.2) is 8.78 Å².